The first kappa shape index (κ1) is 14.4. The van der Waals surface area contributed by atoms with E-state index in [1.54, 1.807) is 6.92 Å². The van der Waals surface area contributed by atoms with E-state index in [0.717, 1.165) is 6.33 Å². The monoisotopic (exact) mass is 299 g/mol. The number of nitrogens with one attached hydrogen (secondary N) is 1. The van der Waals surface area contributed by atoms with Crippen molar-refractivity contribution in [3.63, 3.8) is 0 Å². The maximum Gasteiger partial charge on any atom is 0.235 e. The van der Waals surface area contributed by atoms with Gasteiger partial charge in [0.15, 0.2) is 10.3 Å². The van der Waals surface area contributed by atoms with Gasteiger partial charge >= 0.3 is 0 Å². The van der Waals surface area contributed by atoms with Crippen LogP contribution in [0.2, 0.25) is 10.3 Å². The van der Waals surface area contributed by atoms with E-state index in [0.29, 0.717) is 6.61 Å². The molecule has 1 aromatic rings. The van der Waals surface area contributed by atoms with E-state index >= 15 is 0 Å². The molecule has 0 spiro atoms. The van der Waals surface area contributed by atoms with E-state index < -0.39 is 10.0 Å². The Kier molecular flexibility index (Phi) is 5.38. The van der Waals surface area contributed by atoms with Gasteiger partial charge in [0.25, 0.3) is 0 Å². The second kappa shape index (κ2) is 6.34. The zero-order valence-corrected chi connectivity index (χ0v) is 11.3. The molecule has 0 unspecified atom stereocenters. The number of nitrogens with zero attached hydrogens (tertiary/aromatic N) is 2. The lowest BCUT2D eigenvalue weighted by Gasteiger charge is -2.09. The van der Waals surface area contributed by atoms with Crippen molar-refractivity contribution in [3.05, 3.63) is 16.6 Å². The van der Waals surface area contributed by atoms with Gasteiger partial charge in [0.05, 0.1) is 12.4 Å². The number of sulfonamides is 1. The molecule has 0 bridgehead atoms. The van der Waals surface area contributed by atoms with Gasteiger partial charge in [-0.1, -0.05) is 23.2 Å². The highest BCUT2D eigenvalue weighted by Gasteiger charge is 2.16. The van der Waals surface area contributed by atoms with E-state index in [4.69, 9.17) is 27.9 Å². The summed E-state index contributed by atoms with van der Waals surface area (Å²) >= 11 is 11.4. The van der Waals surface area contributed by atoms with Crippen molar-refractivity contribution in [2.45, 2.75) is 6.92 Å². The molecular weight excluding hydrogens is 289 g/mol. The predicted molar refractivity (Wildman–Crippen MR) is 66.0 cm³/mol. The Morgan fingerprint density at radius 3 is 2.47 bits per heavy atom. The lowest BCUT2D eigenvalue weighted by Crippen LogP contribution is -2.21. The lowest BCUT2D eigenvalue weighted by atomic mass is 10.6. The van der Waals surface area contributed by atoms with Gasteiger partial charge in [-0.3, -0.25) is 4.72 Å². The number of hydrogen-bond acceptors (Lipinski definition) is 5. The first-order valence-electron chi connectivity index (χ1n) is 4.70. The summed E-state index contributed by atoms with van der Waals surface area (Å²) in [5.41, 5.74) is -0.0210. The number of ether oxygens (including phenoxy) is 1. The Morgan fingerprint density at radius 1 is 1.35 bits per heavy atom. The molecule has 0 atom stereocenters. The summed E-state index contributed by atoms with van der Waals surface area (Å²) in [4.78, 5) is 7.26. The summed E-state index contributed by atoms with van der Waals surface area (Å²) in [6.07, 6.45) is 1.14. The number of anilines is 1. The molecule has 0 radical (unpaired) electrons. The third kappa shape index (κ3) is 4.63. The Hall–Kier alpha value is -0.630. The molecule has 0 aliphatic heterocycles. The minimum absolute atomic E-state index is 0.0210. The van der Waals surface area contributed by atoms with Gasteiger partial charge in [0.2, 0.25) is 10.0 Å². The molecule has 0 saturated carbocycles. The highest BCUT2D eigenvalue weighted by Crippen LogP contribution is 2.26. The normalized spacial score (nSPS) is 11.5. The fourth-order valence-corrected chi connectivity index (χ4v) is 2.41. The Balaban J connectivity index is 2.76. The number of rotatable bonds is 6. The number of hydrogen-bond donors (Lipinski definition) is 1. The second-order valence-corrected chi connectivity index (χ2v) is 5.51. The standard InChI is InChI=1S/C8H11Cl2N3O3S/c1-2-16-3-4-17(14,15)13-6-7(9)11-5-12-8(6)10/h5,13H,2-4H2,1H3. The van der Waals surface area contributed by atoms with Crippen molar-refractivity contribution >= 4 is 38.9 Å². The van der Waals surface area contributed by atoms with E-state index in [-0.39, 0.29) is 28.4 Å². The first-order chi connectivity index (χ1) is 7.96. The molecule has 1 N–H and O–H groups in total. The molecular formula is C8H11Cl2N3O3S. The van der Waals surface area contributed by atoms with E-state index in [2.05, 4.69) is 14.7 Å². The van der Waals surface area contributed by atoms with Crippen LogP contribution in [0.25, 0.3) is 0 Å². The molecule has 0 aromatic carbocycles. The molecule has 0 amide bonds. The highest BCUT2D eigenvalue weighted by atomic mass is 35.5. The van der Waals surface area contributed by atoms with E-state index in [1.165, 1.54) is 0 Å². The van der Waals surface area contributed by atoms with Crippen LogP contribution in [-0.4, -0.2) is 37.4 Å². The molecule has 96 valence electrons. The molecule has 1 heterocycles. The van der Waals surface area contributed by atoms with Crippen LogP contribution >= 0.6 is 23.2 Å². The van der Waals surface area contributed by atoms with Crippen molar-refractivity contribution in [1.29, 1.82) is 0 Å². The quantitative estimate of drug-likeness (QED) is 0.637. The van der Waals surface area contributed by atoms with E-state index in [1.807, 2.05) is 0 Å². The maximum atomic E-state index is 11.6. The van der Waals surface area contributed by atoms with E-state index in [9.17, 15) is 8.42 Å². The molecule has 0 aliphatic rings. The van der Waals surface area contributed by atoms with Crippen molar-refractivity contribution in [1.82, 2.24) is 9.97 Å². The van der Waals surface area contributed by atoms with Gasteiger partial charge in [-0.2, -0.15) is 0 Å². The van der Waals surface area contributed by atoms with Crippen molar-refractivity contribution in [2.75, 3.05) is 23.7 Å². The Bertz CT molecular complexity index is 461. The average molecular weight is 300 g/mol. The first-order valence-corrected chi connectivity index (χ1v) is 7.11. The molecule has 6 nitrogen and oxygen atoms in total. The summed E-state index contributed by atoms with van der Waals surface area (Å²) in [5.74, 6) is -0.192. The molecule has 0 saturated heterocycles. The van der Waals surface area contributed by atoms with Crippen LogP contribution < -0.4 is 4.72 Å². The van der Waals surface area contributed by atoms with Crippen LogP contribution in [0.3, 0.4) is 0 Å². The van der Waals surface area contributed by atoms with Crippen LogP contribution in [0.1, 0.15) is 6.92 Å². The summed E-state index contributed by atoms with van der Waals surface area (Å²) in [6, 6.07) is 0. The van der Waals surface area contributed by atoms with Crippen LogP contribution in [0.15, 0.2) is 6.33 Å². The summed E-state index contributed by atoms with van der Waals surface area (Å²) < 4.78 is 30.4. The molecule has 17 heavy (non-hydrogen) atoms. The zero-order valence-electron chi connectivity index (χ0n) is 8.98. The minimum atomic E-state index is -3.58. The number of aromatic nitrogens is 2. The molecule has 1 rings (SSSR count). The lowest BCUT2D eigenvalue weighted by molar-refractivity contribution is 0.163. The van der Waals surface area contributed by atoms with Gasteiger partial charge in [0, 0.05) is 6.61 Å². The SMILES string of the molecule is CCOCCS(=O)(=O)Nc1c(Cl)ncnc1Cl. The Labute approximate surface area is 109 Å². The van der Waals surface area contributed by atoms with Gasteiger partial charge in [-0.25, -0.2) is 18.4 Å². The second-order valence-electron chi connectivity index (χ2n) is 2.95. The molecule has 9 heteroatoms. The topological polar surface area (TPSA) is 81.2 Å². The largest absolute Gasteiger partial charge is 0.381 e. The fraction of sp³-hybridized carbons (Fsp3) is 0.500. The van der Waals surface area contributed by atoms with Gasteiger partial charge in [-0.05, 0) is 6.92 Å². The van der Waals surface area contributed by atoms with Crippen molar-refractivity contribution in [2.24, 2.45) is 0 Å². The fourth-order valence-electron chi connectivity index (χ4n) is 0.948. The minimum Gasteiger partial charge on any atom is -0.381 e. The van der Waals surface area contributed by atoms with Gasteiger partial charge in [0.1, 0.15) is 12.0 Å². The summed E-state index contributed by atoms with van der Waals surface area (Å²) in [5, 5.41) is -0.102. The maximum absolute atomic E-state index is 11.6. The zero-order chi connectivity index (χ0) is 12.9. The van der Waals surface area contributed by atoms with Crippen LogP contribution in [0.4, 0.5) is 5.69 Å². The van der Waals surface area contributed by atoms with Crippen LogP contribution in [0, 0.1) is 0 Å². The summed E-state index contributed by atoms with van der Waals surface area (Å²) in [6.45, 7) is 2.32. The van der Waals surface area contributed by atoms with Crippen molar-refractivity contribution < 1.29 is 13.2 Å². The Morgan fingerprint density at radius 2 is 1.94 bits per heavy atom. The van der Waals surface area contributed by atoms with Crippen molar-refractivity contribution in [3.8, 4) is 0 Å². The molecule has 0 fully saturated rings. The smallest absolute Gasteiger partial charge is 0.235 e. The molecule has 0 aliphatic carbocycles. The average Bonchev–Trinajstić information content (AvgIpc) is 2.24. The third-order valence-electron chi connectivity index (χ3n) is 1.71. The third-order valence-corrected chi connectivity index (χ3v) is 3.51. The highest BCUT2D eigenvalue weighted by molar-refractivity contribution is 7.92. The van der Waals surface area contributed by atoms with Gasteiger partial charge in [-0.15, -0.1) is 0 Å². The van der Waals surface area contributed by atoms with Crippen LogP contribution in [-0.2, 0) is 14.8 Å². The summed E-state index contributed by atoms with van der Waals surface area (Å²) in [7, 11) is -3.58. The molecule has 1 aromatic heterocycles. The number of halogens is 2. The van der Waals surface area contributed by atoms with Crippen LogP contribution in [0.5, 0.6) is 0 Å². The predicted octanol–water partition coefficient (Wildman–Crippen LogP) is 1.56. The van der Waals surface area contributed by atoms with Gasteiger partial charge < -0.3 is 4.74 Å².